The maximum Gasteiger partial charge on any atom is 0.272 e. The summed E-state index contributed by atoms with van der Waals surface area (Å²) in [5.74, 6) is -0.153. The van der Waals surface area contributed by atoms with Crippen LogP contribution in [0, 0.1) is 0 Å². The molecule has 0 spiro atoms. The van der Waals surface area contributed by atoms with Crippen molar-refractivity contribution in [1.82, 2.24) is 0 Å². The van der Waals surface area contributed by atoms with Crippen LogP contribution in [0.2, 0.25) is 15.1 Å². The lowest BCUT2D eigenvalue weighted by Crippen LogP contribution is -2.31. The molecule has 0 atom stereocenters. The Hall–Kier alpha value is -1.46. The molecule has 0 bridgehead atoms. The van der Waals surface area contributed by atoms with E-state index in [1.54, 1.807) is 42.5 Å². The third-order valence-corrected chi connectivity index (χ3v) is 5.34. The lowest BCUT2D eigenvalue weighted by molar-refractivity contribution is -0.119. The number of hydrogen-bond acceptors (Lipinski definition) is 3. The zero-order valence-electron chi connectivity index (χ0n) is 13.1. The monoisotopic (exact) mass is 411 g/mol. The summed E-state index contributed by atoms with van der Waals surface area (Å²) < 4.78 is 0. The minimum absolute atomic E-state index is 0.290. The summed E-state index contributed by atoms with van der Waals surface area (Å²) in [6, 6.07) is 11.5. The molecule has 7 heteroatoms. The van der Waals surface area contributed by atoms with E-state index in [9.17, 15) is 9.59 Å². The molecular formula is C18H12Cl3NO2S. The summed E-state index contributed by atoms with van der Waals surface area (Å²) >= 11 is 19.5. The molecule has 2 aromatic rings. The zero-order chi connectivity index (χ0) is 18.1. The highest BCUT2D eigenvalue weighted by Crippen LogP contribution is 2.41. The van der Waals surface area contributed by atoms with Crippen molar-refractivity contribution in [1.29, 1.82) is 0 Å². The molecule has 3 nitrogen and oxygen atoms in total. The summed E-state index contributed by atoms with van der Waals surface area (Å²) in [7, 11) is 0. The number of benzene rings is 2. The molecule has 1 aliphatic heterocycles. The van der Waals surface area contributed by atoms with E-state index in [-0.39, 0.29) is 5.91 Å². The second kappa shape index (κ2) is 7.42. The van der Waals surface area contributed by atoms with Crippen LogP contribution < -0.4 is 4.90 Å². The van der Waals surface area contributed by atoms with Gasteiger partial charge in [0, 0.05) is 15.6 Å². The van der Waals surface area contributed by atoms with Gasteiger partial charge in [0.1, 0.15) is 0 Å². The summed E-state index contributed by atoms with van der Waals surface area (Å²) in [5, 5.41) is 1.23. The normalized spacial score (nSPS) is 14.6. The fourth-order valence-electron chi connectivity index (χ4n) is 2.57. The molecule has 128 valence electrons. The predicted octanol–water partition coefficient (Wildman–Crippen LogP) is 5.68. The first-order valence-corrected chi connectivity index (χ1v) is 9.52. The second-order valence-corrected chi connectivity index (χ2v) is 7.74. The minimum Gasteiger partial charge on any atom is -0.268 e. The van der Waals surface area contributed by atoms with Gasteiger partial charge >= 0.3 is 0 Å². The van der Waals surface area contributed by atoms with Crippen molar-refractivity contribution >= 4 is 69.6 Å². The first-order valence-electron chi connectivity index (χ1n) is 7.41. The Balaban J connectivity index is 2.14. The van der Waals surface area contributed by atoms with Gasteiger partial charge in [-0.25, -0.2) is 4.90 Å². The van der Waals surface area contributed by atoms with Crippen molar-refractivity contribution in [3.8, 4) is 0 Å². The average molecular weight is 413 g/mol. The van der Waals surface area contributed by atoms with Crippen molar-refractivity contribution in [3.05, 3.63) is 68.0 Å². The van der Waals surface area contributed by atoms with Gasteiger partial charge in [0.25, 0.3) is 11.8 Å². The number of carbonyl (C=O) groups excluding carboxylic acids is 2. The molecule has 2 amide bonds. The van der Waals surface area contributed by atoms with Crippen LogP contribution in [0.15, 0.2) is 47.4 Å². The molecule has 0 aliphatic carbocycles. The maximum atomic E-state index is 13.0. The van der Waals surface area contributed by atoms with Crippen LogP contribution in [0.3, 0.4) is 0 Å². The summed E-state index contributed by atoms with van der Waals surface area (Å²) in [4.78, 5) is 27.4. The van der Waals surface area contributed by atoms with E-state index < -0.39 is 5.91 Å². The first kappa shape index (κ1) is 18.3. The number of anilines is 1. The van der Waals surface area contributed by atoms with E-state index >= 15 is 0 Å². The van der Waals surface area contributed by atoms with Crippen molar-refractivity contribution in [3.63, 3.8) is 0 Å². The van der Waals surface area contributed by atoms with E-state index in [1.165, 1.54) is 11.8 Å². The second-order valence-electron chi connectivity index (χ2n) is 5.19. The SMILES string of the molecule is CCSC1=C(c2ccc(Cl)cc2Cl)C(=O)N(c2cccc(Cl)c2)C1=O. The van der Waals surface area contributed by atoms with Gasteiger partial charge in [0.2, 0.25) is 0 Å². The summed E-state index contributed by atoms with van der Waals surface area (Å²) in [6.45, 7) is 1.92. The topological polar surface area (TPSA) is 37.4 Å². The van der Waals surface area contributed by atoms with Gasteiger partial charge in [-0.15, -0.1) is 11.8 Å². The fourth-order valence-corrected chi connectivity index (χ4v) is 4.10. The van der Waals surface area contributed by atoms with Crippen molar-refractivity contribution in [2.24, 2.45) is 0 Å². The Morgan fingerprint density at radius 3 is 2.32 bits per heavy atom. The summed E-state index contributed by atoms with van der Waals surface area (Å²) in [6.07, 6.45) is 0. The zero-order valence-corrected chi connectivity index (χ0v) is 16.1. The standard InChI is InChI=1S/C18H12Cl3NO2S/c1-2-25-16-15(13-7-6-11(20)9-14(13)21)17(23)22(18(16)24)12-5-3-4-10(19)8-12/h3-9H,2H2,1H3. The van der Waals surface area contributed by atoms with E-state index in [1.807, 2.05) is 6.92 Å². The highest BCUT2D eigenvalue weighted by atomic mass is 35.5. The van der Waals surface area contributed by atoms with E-state index in [0.29, 0.717) is 42.5 Å². The Morgan fingerprint density at radius 2 is 1.68 bits per heavy atom. The number of amides is 2. The lowest BCUT2D eigenvalue weighted by Gasteiger charge is -2.15. The van der Waals surface area contributed by atoms with Crippen LogP contribution >= 0.6 is 46.6 Å². The van der Waals surface area contributed by atoms with Gasteiger partial charge in [0.05, 0.1) is 21.2 Å². The molecule has 0 saturated heterocycles. The molecule has 0 aromatic heterocycles. The molecule has 0 N–H and O–H groups in total. The van der Waals surface area contributed by atoms with E-state index in [4.69, 9.17) is 34.8 Å². The average Bonchev–Trinajstić information content (AvgIpc) is 2.79. The Morgan fingerprint density at radius 1 is 0.960 bits per heavy atom. The van der Waals surface area contributed by atoms with Crippen LogP contribution in [0.25, 0.3) is 5.57 Å². The van der Waals surface area contributed by atoms with Crippen molar-refractivity contribution in [2.45, 2.75) is 6.92 Å². The molecular weight excluding hydrogens is 401 g/mol. The van der Waals surface area contributed by atoms with Gasteiger partial charge in [-0.1, -0.05) is 53.9 Å². The van der Waals surface area contributed by atoms with E-state index in [2.05, 4.69) is 0 Å². The molecule has 0 unspecified atom stereocenters. The number of thioether (sulfide) groups is 1. The van der Waals surface area contributed by atoms with E-state index in [0.717, 1.165) is 4.90 Å². The van der Waals surface area contributed by atoms with Gasteiger partial charge in [-0.05, 0) is 36.1 Å². The van der Waals surface area contributed by atoms with Gasteiger partial charge < -0.3 is 0 Å². The minimum atomic E-state index is -0.424. The first-order chi connectivity index (χ1) is 11.9. The van der Waals surface area contributed by atoms with Crippen LogP contribution in [-0.4, -0.2) is 17.6 Å². The highest BCUT2D eigenvalue weighted by Gasteiger charge is 2.40. The molecule has 25 heavy (non-hydrogen) atoms. The molecule has 2 aromatic carbocycles. The number of carbonyl (C=O) groups is 2. The predicted molar refractivity (Wildman–Crippen MR) is 105 cm³/mol. The van der Waals surface area contributed by atoms with Gasteiger partial charge in [0.15, 0.2) is 0 Å². The molecule has 1 heterocycles. The summed E-state index contributed by atoms with van der Waals surface area (Å²) in [5.41, 5.74) is 1.21. The van der Waals surface area contributed by atoms with Crippen LogP contribution in [0.1, 0.15) is 12.5 Å². The lowest BCUT2D eigenvalue weighted by atomic mass is 10.1. The van der Waals surface area contributed by atoms with Gasteiger partial charge in [-0.2, -0.15) is 0 Å². The molecule has 0 saturated carbocycles. The Labute approximate surface area is 164 Å². The van der Waals surface area contributed by atoms with Crippen LogP contribution in [0.5, 0.6) is 0 Å². The quantitative estimate of drug-likeness (QED) is 0.606. The maximum absolute atomic E-state index is 13.0. The smallest absolute Gasteiger partial charge is 0.268 e. The number of halogens is 3. The number of imide groups is 1. The third kappa shape index (κ3) is 3.44. The molecule has 0 fully saturated rings. The molecule has 0 radical (unpaired) electrons. The van der Waals surface area contributed by atoms with Crippen molar-refractivity contribution in [2.75, 3.05) is 10.7 Å². The third-order valence-electron chi connectivity index (χ3n) is 3.60. The number of hydrogen-bond donors (Lipinski definition) is 0. The fraction of sp³-hybridized carbons (Fsp3) is 0.111. The molecule has 3 rings (SSSR count). The van der Waals surface area contributed by atoms with Crippen LogP contribution in [-0.2, 0) is 9.59 Å². The Bertz CT molecular complexity index is 911. The highest BCUT2D eigenvalue weighted by molar-refractivity contribution is 8.04. The Kier molecular flexibility index (Phi) is 5.44. The number of rotatable bonds is 4. The van der Waals surface area contributed by atoms with Crippen molar-refractivity contribution < 1.29 is 9.59 Å². The van der Waals surface area contributed by atoms with Gasteiger partial charge in [-0.3, -0.25) is 9.59 Å². The molecule has 1 aliphatic rings. The number of nitrogens with zero attached hydrogens (tertiary/aromatic N) is 1. The largest absolute Gasteiger partial charge is 0.272 e. The van der Waals surface area contributed by atoms with Crippen LogP contribution in [0.4, 0.5) is 5.69 Å².